The van der Waals surface area contributed by atoms with Crippen LogP contribution in [-0.2, 0) is 5.60 Å². The molecule has 0 amide bonds. The predicted octanol–water partition coefficient (Wildman–Crippen LogP) is 3.03. The van der Waals surface area contributed by atoms with Crippen molar-refractivity contribution in [3.8, 4) is 0 Å². The molecule has 0 saturated heterocycles. The van der Waals surface area contributed by atoms with Gasteiger partial charge in [0.05, 0.1) is 10.0 Å². The predicted molar refractivity (Wildman–Crippen MR) is 69.4 cm³/mol. The van der Waals surface area contributed by atoms with E-state index >= 15 is 0 Å². The molecule has 2 rings (SSSR count). The van der Waals surface area contributed by atoms with E-state index in [2.05, 4.69) is 0 Å². The van der Waals surface area contributed by atoms with Gasteiger partial charge in [-0.05, 0) is 36.3 Å². The zero-order valence-corrected chi connectivity index (χ0v) is 11.0. The normalized spacial score (nSPS) is 25.0. The average Bonchev–Trinajstić information content (AvgIpc) is 2.42. The van der Waals surface area contributed by atoms with E-state index < -0.39 is 5.60 Å². The second-order valence-electron chi connectivity index (χ2n) is 3.95. The minimum absolute atomic E-state index is 0.207. The highest BCUT2D eigenvalue weighted by atomic mass is 35.5. The van der Waals surface area contributed by atoms with Crippen LogP contribution in [0.4, 0.5) is 0 Å². The Kier molecular flexibility index (Phi) is 3.72. The monoisotopic (exact) mass is 277 g/mol. The van der Waals surface area contributed by atoms with Gasteiger partial charge in [-0.3, -0.25) is 0 Å². The zero-order valence-electron chi connectivity index (χ0n) is 8.67. The van der Waals surface area contributed by atoms with E-state index in [0.29, 0.717) is 16.5 Å². The molecule has 1 atom stereocenters. The topological polar surface area (TPSA) is 46.2 Å². The molecule has 1 aliphatic heterocycles. The summed E-state index contributed by atoms with van der Waals surface area (Å²) >= 11 is 13.7. The molecule has 1 aliphatic rings. The van der Waals surface area contributed by atoms with Crippen molar-refractivity contribution in [1.29, 1.82) is 0 Å². The summed E-state index contributed by atoms with van der Waals surface area (Å²) < 4.78 is 0. The summed E-state index contributed by atoms with van der Waals surface area (Å²) in [6.45, 7) is 0.207. The molecule has 1 aromatic carbocycles. The van der Waals surface area contributed by atoms with Crippen molar-refractivity contribution in [2.24, 2.45) is 5.73 Å². The van der Waals surface area contributed by atoms with Crippen molar-refractivity contribution in [3.63, 3.8) is 0 Å². The number of fused-ring (bicyclic) bond motifs is 1. The summed E-state index contributed by atoms with van der Waals surface area (Å²) in [5, 5.41) is 11.5. The Morgan fingerprint density at radius 2 is 2.06 bits per heavy atom. The molecule has 5 heteroatoms. The fraction of sp³-hybridized carbons (Fsp3) is 0.455. The average molecular weight is 278 g/mol. The number of halogens is 2. The lowest BCUT2D eigenvalue weighted by Crippen LogP contribution is -2.34. The fourth-order valence-corrected chi connectivity index (χ4v) is 3.41. The second-order valence-corrected chi connectivity index (χ2v) is 5.90. The van der Waals surface area contributed by atoms with Crippen LogP contribution in [0, 0.1) is 0 Å². The van der Waals surface area contributed by atoms with E-state index in [-0.39, 0.29) is 6.54 Å². The molecular formula is C11H13Cl2NOS. The fourth-order valence-electron chi connectivity index (χ4n) is 1.91. The highest BCUT2D eigenvalue weighted by Gasteiger charge is 2.32. The van der Waals surface area contributed by atoms with Crippen LogP contribution in [-0.4, -0.2) is 17.4 Å². The molecule has 16 heavy (non-hydrogen) atoms. The molecule has 1 unspecified atom stereocenters. The lowest BCUT2D eigenvalue weighted by atomic mass is 9.89. The first-order valence-corrected chi connectivity index (χ1v) is 6.86. The molecule has 0 aliphatic carbocycles. The minimum atomic E-state index is -0.965. The third kappa shape index (κ3) is 2.20. The van der Waals surface area contributed by atoms with Gasteiger partial charge in [-0.25, -0.2) is 0 Å². The van der Waals surface area contributed by atoms with Crippen molar-refractivity contribution in [1.82, 2.24) is 0 Å². The van der Waals surface area contributed by atoms with Gasteiger partial charge in [0.1, 0.15) is 5.60 Å². The lowest BCUT2D eigenvalue weighted by molar-refractivity contribution is 0.0345. The number of hydrogen-bond acceptors (Lipinski definition) is 3. The Balaban J connectivity index is 2.57. The van der Waals surface area contributed by atoms with E-state index in [4.69, 9.17) is 28.9 Å². The smallest absolute Gasteiger partial charge is 0.103 e. The van der Waals surface area contributed by atoms with Crippen molar-refractivity contribution >= 4 is 35.0 Å². The van der Waals surface area contributed by atoms with Gasteiger partial charge in [-0.2, -0.15) is 0 Å². The molecule has 0 bridgehead atoms. The number of thioether (sulfide) groups is 1. The van der Waals surface area contributed by atoms with Crippen LogP contribution in [0.15, 0.2) is 17.0 Å². The maximum Gasteiger partial charge on any atom is 0.103 e. The van der Waals surface area contributed by atoms with Gasteiger partial charge in [-0.15, -0.1) is 11.8 Å². The molecule has 0 fully saturated rings. The van der Waals surface area contributed by atoms with Gasteiger partial charge in [0, 0.05) is 11.4 Å². The largest absolute Gasteiger partial charge is 0.384 e. The molecule has 0 spiro atoms. The van der Waals surface area contributed by atoms with Crippen LogP contribution in [0.25, 0.3) is 0 Å². The number of hydrogen-bond donors (Lipinski definition) is 2. The van der Waals surface area contributed by atoms with Crippen LogP contribution >= 0.6 is 35.0 Å². The number of aliphatic hydroxyl groups is 1. The summed E-state index contributed by atoms with van der Waals surface area (Å²) in [6.07, 6.45) is 1.60. The van der Waals surface area contributed by atoms with Crippen LogP contribution in [0.5, 0.6) is 0 Å². The molecule has 0 saturated carbocycles. The Labute approximate surface area is 109 Å². The third-order valence-electron chi connectivity index (χ3n) is 2.85. The van der Waals surface area contributed by atoms with E-state index in [1.54, 1.807) is 17.8 Å². The SMILES string of the molecule is NCC1(O)CCCSc2cc(Cl)c(Cl)cc21. The Bertz CT molecular complexity index is 413. The zero-order chi connectivity index (χ0) is 11.8. The van der Waals surface area contributed by atoms with Gasteiger partial charge in [0.15, 0.2) is 0 Å². The highest BCUT2D eigenvalue weighted by molar-refractivity contribution is 7.99. The second kappa shape index (κ2) is 4.75. The molecule has 0 radical (unpaired) electrons. The van der Waals surface area contributed by atoms with Crippen LogP contribution in [0.3, 0.4) is 0 Å². The van der Waals surface area contributed by atoms with E-state index in [9.17, 15) is 5.11 Å². The first-order valence-electron chi connectivity index (χ1n) is 5.11. The first kappa shape index (κ1) is 12.5. The summed E-state index contributed by atoms with van der Waals surface area (Å²) in [4.78, 5) is 0.986. The quantitative estimate of drug-likeness (QED) is 0.830. The standard InChI is InChI=1S/C11H13Cl2NOS/c12-8-4-7-10(5-9(8)13)16-3-1-2-11(7,15)6-14/h4-5,15H,1-3,6,14H2. The van der Waals surface area contributed by atoms with Crippen molar-refractivity contribution in [2.45, 2.75) is 23.3 Å². The summed E-state index contributed by atoms with van der Waals surface area (Å²) in [5.41, 5.74) is 5.52. The number of nitrogens with two attached hydrogens (primary N) is 1. The number of rotatable bonds is 1. The third-order valence-corrected chi connectivity index (χ3v) is 4.72. The van der Waals surface area contributed by atoms with Crippen molar-refractivity contribution in [3.05, 3.63) is 27.7 Å². The molecule has 3 N–H and O–H groups in total. The van der Waals surface area contributed by atoms with Gasteiger partial charge in [0.2, 0.25) is 0 Å². The first-order chi connectivity index (χ1) is 7.57. The molecule has 1 heterocycles. The Morgan fingerprint density at radius 3 is 2.75 bits per heavy atom. The molecule has 2 nitrogen and oxygen atoms in total. The van der Waals surface area contributed by atoms with Gasteiger partial charge < -0.3 is 10.8 Å². The molecule has 0 aromatic heterocycles. The van der Waals surface area contributed by atoms with Gasteiger partial charge in [0.25, 0.3) is 0 Å². The van der Waals surface area contributed by atoms with Gasteiger partial charge in [-0.1, -0.05) is 23.2 Å². The van der Waals surface area contributed by atoms with Crippen LogP contribution < -0.4 is 5.73 Å². The van der Waals surface area contributed by atoms with E-state index in [1.807, 2.05) is 6.07 Å². The van der Waals surface area contributed by atoms with Crippen LogP contribution in [0.2, 0.25) is 10.0 Å². The minimum Gasteiger partial charge on any atom is -0.384 e. The van der Waals surface area contributed by atoms with Crippen molar-refractivity contribution < 1.29 is 5.11 Å². The van der Waals surface area contributed by atoms with E-state index in [0.717, 1.165) is 22.6 Å². The number of benzene rings is 1. The Hall–Kier alpha value is 0.0700. The van der Waals surface area contributed by atoms with Crippen molar-refractivity contribution in [2.75, 3.05) is 12.3 Å². The van der Waals surface area contributed by atoms with Gasteiger partial charge >= 0.3 is 0 Å². The molecule has 1 aromatic rings. The maximum absolute atomic E-state index is 10.5. The van der Waals surface area contributed by atoms with E-state index in [1.165, 1.54) is 0 Å². The molecular weight excluding hydrogens is 265 g/mol. The molecule has 88 valence electrons. The van der Waals surface area contributed by atoms with Crippen LogP contribution in [0.1, 0.15) is 18.4 Å². The lowest BCUT2D eigenvalue weighted by Gasteiger charge is -2.27. The summed E-state index contributed by atoms with van der Waals surface area (Å²) in [6, 6.07) is 3.56. The maximum atomic E-state index is 10.5. The highest BCUT2D eigenvalue weighted by Crippen LogP contribution is 2.41. The summed E-state index contributed by atoms with van der Waals surface area (Å²) in [5.74, 6) is 0.966. The summed E-state index contributed by atoms with van der Waals surface area (Å²) in [7, 11) is 0. The Morgan fingerprint density at radius 1 is 1.38 bits per heavy atom.